The fourth-order valence-electron chi connectivity index (χ4n) is 4.51. The molecule has 1 amide bonds. The Balaban J connectivity index is 0.00000306. The number of guanidine groups is 1. The van der Waals surface area contributed by atoms with Crippen LogP contribution >= 0.6 is 24.0 Å². The molecular formula is C25H36IN5O2. The van der Waals surface area contributed by atoms with Gasteiger partial charge in [0, 0.05) is 46.3 Å². The number of rotatable bonds is 5. The number of hydrogen-bond donors (Lipinski definition) is 1. The first-order valence-electron chi connectivity index (χ1n) is 11.7. The summed E-state index contributed by atoms with van der Waals surface area (Å²) in [4.78, 5) is 23.6. The van der Waals surface area contributed by atoms with Crippen LogP contribution in [-0.2, 0) is 13.1 Å². The summed E-state index contributed by atoms with van der Waals surface area (Å²) in [6.07, 6.45) is 4.15. The van der Waals surface area contributed by atoms with E-state index in [1.54, 1.807) is 12.1 Å². The molecule has 0 aliphatic carbocycles. The van der Waals surface area contributed by atoms with Gasteiger partial charge in [-0.1, -0.05) is 31.2 Å². The van der Waals surface area contributed by atoms with Crippen LogP contribution < -0.4 is 5.32 Å². The molecule has 0 spiro atoms. The van der Waals surface area contributed by atoms with E-state index in [0.29, 0.717) is 18.8 Å². The maximum Gasteiger partial charge on any atom is 0.289 e. The molecule has 2 aliphatic rings. The van der Waals surface area contributed by atoms with Crippen molar-refractivity contribution in [3.63, 3.8) is 0 Å². The first kappa shape index (κ1) is 25.6. The van der Waals surface area contributed by atoms with E-state index in [1.807, 2.05) is 11.9 Å². The van der Waals surface area contributed by atoms with E-state index < -0.39 is 0 Å². The second kappa shape index (κ2) is 12.4. The molecule has 3 heterocycles. The Kier molecular flexibility index (Phi) is 9.61. The van der Waals surface area contributed by atoms with Crippen LogP contribution in [0.3, 0.4) is 0 Å². The highest BCUT2D eigenvalue weighted by atomic mass is 127. The largest absolute Gasteiger partial charge is 0.459 e. The van der Waals surface area contributed by atoms with E-state index in [-0.39, 0.29) is 29.9 Å². The van der Waals surface area contributed by atoms with Gasteiger partial charge in [0.1, 0.15) is 0 Å². The van der Waals surface area contributed by atoms with Gasteiger partial charge >= 0.3 is 0 Å². The summed E-state index contributed by atoms with van der Waals surface area (Å²) >= 11 is 0. The monoisotopic (exact) mass is 565 g/mol. The number of furan rings is 1. The topological polar surface area (TPSA) is 64.3 Å². The molecule has 0 atom stereocenters. The molecule has 7 nitrogen and oxygen atoms in total. The Bertz CT molecular complexity index is 901. The third kappa shape index (κ3) is 6.96. The average Bonchev–Trinajstić information content (AvgIpc) is 3.36. The fourth-order valence-corrected chi connectivity index (χ4v) is 4.51. The minimum Gasteiger partial charge on any atom is -0.459 e. The molecule has 180 valence electrons. The minimum absolute atomic E-state index is 0. The molecule has 2 fully saturated rings. The Labute approximate surface area is 214 Å². The van der Waals surface area contributed by atoms with Gasteiger partial charge in [-0.05, 0) is 55.1 Å². The van der Waals surface area contributed by atoms with Gasteiger partial charge in [0.25, 0.3) is 5.91 Å². The van der Waals surface area contributed by atoms with Crippen molar-refractivity contribution in [2.75, 3.05) is 46.3 Å². The summed E-state index contributed by atoms with van der Waals surface area (Å²) in [6, 6.07) is 12.3. The highest BCUT2D eigenvalue weighted by Gasteiger charge is 2.25. The molecular weight excluding hydrogens is 529 g/mol. The highest BCUT2D eigenvalue weighted by molar-refractivity contribution is 14.0. The molecule has 0 bridgehead atoms. The minimum atomic E-state index is -0.0439. The number of aliphatic imine (C=N–C) groups is 1. The number of halogens is 1. The number of piperazine rings is 1. The molecule has 4 rings (SSSR count). The van der Waals surface area contributed by atoms with Crippen molar-refractivity contribution in [3.8, 4) is 0 Å². The number of carbonyl (C=O) groups excluding carboxylic acids is 1. The van der Waals surface area contributed by atoms with E-state index in [0.717, 1.165) is 38.1 Å². The van der Waals surface area contributed by atoms with Crippen molar-refractivity contribution in [1.82, 2.24) is 20.0 Å². The van der Waals surface area contributed by atoms with Crippen LogP contribution in [0.2, 0.25) is 0 Å². The molecule has 0 radical (unpaired) electrons. The Morgan fingerprint density at radius 3 is 2.39 bits per heavy atom. The molecule has 33 heavy (non-hydrogen) atoms. The molecule has 8 heteroatoms. The number of piperidine rings is 1. The summed E-state index contributed by atoms with van der Waals surface area (Å²) in [5.41, 5.74) is 2.64. The lowest BCUT2D eigenvalue weighted by Gasteiger charge is -2.36. The molecule has 1 aromatic carbocycles. The number of nitrogens with zero attached hydrogens (tertiary/aromatic N) is 4. The third-order valence-corrected chi connectivity index (χ3v) is 6.53. The Morgan fingerprint density at radius 1 is 1.03 bits per heavy atom. The predicted molar refractivity (Wildman–Crippen MR) is 142 cm³/mol. The van der Waals surface area contributed by atoms with E-state index in [2.05, 4.69) is 51.3 Å². The van der Waals surface area contributed by atoms with Crippen LogP contribution in [0, 0.1) is 5.92 Å². The molecule has 1 N–H and O–H groups in total. The zero-order valence-electron chi connectivity index (χ0n) is 19.7. The number of amides is 1. The van der Waals surface area contributed by atoms with Gasteiger partial charge in [0.2, 0.25) is 0 Å². The Morgan fingerprint density at radius 2 is 1.73 bits per heavy atom. The van der Waals surface area contributed by atoms with E-state index >= 15 is 0 Å². The standard InChI is InChI=1S/C25H35N5O2.HI/c1-20-8-10-28(11-9-20)19-22-6-3-5-21(17-22)18-27-25(26-2)30-14-12-29(13-15-30)24(31)23-7-4-16-32-23;/h3-7,16-17,20H,8-15,18-19H2,1-2H3,(H,26,27);1H. The molecule has 2 aliphatic heterocycles. The van der Waals surface area contributed by atoms with Crippen molar-refractivity contribution in [2.45, 2.75) is 32.9 Å². The van der Waals surface area contributed by atoms with E-state index in [9.17, 15) is 4.79 Å². The fraction of sp³-hybridized carbons (Fsp3) is 0.520. The predicted octanol–water partition coefficient (Wildman–Crippen LogP) is 3.66. The van der Waals surface area contributed by atoms with Gasteiger partial charge in [-0.3, -0.25) is 14.7 Å². The van der Waals surface area contributed by atoms with Crippen molar-refractivity contribution >= 4 is 35.8 Å². The molecule has 2 aromatic rings. The van der Waals surface area contributed by atoms with Gasteiger partial charge in [-0.25, -0.2) is 0 Å². The SMILES string of the molecule is CN=C(NCc1cccc(CN2CCC(C)CC2)c1)N1CCN(C(=O)c2ccco2)CC1.I. The van der Waals surface area contributed by atoms with Crippen LogP contribution in [0.5, 0.6) is 0 Å². The van der Waals surface area contributed by atoms with Gasteiger partial charge in [0.05, 0.1) is 6.26 Å². The third-order valence-electron chi connectivity index (χ3n) is 6.53. The number of nitrogens with one attached hydrogen (secondary N) is 1. The number of likely N-dealkylation sites (tertiary alicyclic amines) is 1. The van der Waals surface area contributed by atoms with Crippen molar-refractivity contribution < 1.29 is 9.21 Å². The van der Waals surface area contributed by atoms with E-state index in [1.165, 1.54) is 43.3 Å². The van der Waals surface area contributed by atoms with Crippen LogP contribution in [0.25, 0.3) is 0 Å². The number of hydrogen-bond acceptors (Lipinski definition) is 4. The molecule has 1 aromatic heterocycles. The average molecular weight is 566 g/mol. The Hall–Kier alpha value is -2.07. The number of benzene rings is 1. The zero-order valence-corrected chi connectivity index (χ0v) is 22.0. The summed E-state index contributed by atoms with van der Waals surface area (Å²) in [5, 5.41) is 3.50. The van der Waals surface area contributed by atoms with Gasteiger partial charge in [-0.2, -0.15) is 0 Å². The maximum absolute atomic E-state index is 12.5. The molecule has 2 saturated heterocycles. The normalized spacial score (nSPS) is 18.2. The summed E-state index contributed by atoms with van der Waals surface area (Å²) in [6.45, 7) is 9.33. The van der Waals surface area contributed by atoms with Gasteiger partial charge < -0.3 is 19.5 Å². The first-order chi connectivity index (χ1) is 15.6. The quantitative estimate of drug-likeness (QED) is 0.341. The zero-order chi connectivity index (χ0) is 22.3. The van der Waals surface area contributed by atoms with Crippen LogP contribution in [0.4, 0.5) is 0 Å². The first-order valence-corrected chi connectivity index (χ1v) is 11.7. The summed E-state index contributed by atoms with van der Waals surface area (Å²) < 4.78 is 5.25. The highest BCUT2D eigenvalue weighted by Crippen LogP contribution is 2.18. The molecule has 0 saturated carbocycles. The number of carbonyl (C=O) groups is 1. The van der Waals surface area contributed by atoms with E-state index in [4.69, 9.17) is 4.42 Å². The smallest absolute Gasteiger partial charge is 0.289 e. The summed E-state index contributed by atoms with van der Waals surface area (Å²) in [7, 11) is 1.82. The van der Waals surface area contributed by atoms with Crippen LogP contribution in [-0.4, -0.2) is 72.9 Å². The van der Waals surface area contributed by atoms with Crippen LogP contribution in [0.1, 0.15) is 41.4 Å². The summed E-state index contributed by atoms with van der Waals surface area (Å²) in [5.74, 6) is 2.10. The van der Waals surface area contributed by atoms with Crippen molar-refractivity contribution in [1.29, 1.82) is 0 Å². The second-order valence-corrected chi connectivity index (χ2v) is 8.94. The van der Waals surface area contributed by atoms with Gasteiger partial charge in [0.15, 0.2) is 11.7 Å². The van der Waals surface area contributed by atoms with Crippen molar-refractivity contribution in [2.24, 2.45) is 10.9 Å². The lowest BCUT2D eigenvalue weighted by molar-refractivity contribution is 0.0657. The van der Waals surface area contributed by atoms with Gasteiger partial charge in [-0.15, -0.1) is 24.0 Å². The van der Waals surface area contributed by atoms with Crippen molar-refractivity contribution in [3.05, 3.63) is 59.5 Å². The lowest BCUT2D eigenvalue weighted by atomic mass is 9.98. The van der Waals surface area contributed by atoms with Crippen LogP contribution in [0.15, 0.2) is 52.1 Å². The maximum atomic E-state index is 12.5. The molecule has 0 unspecified atom stereocenters. The second-order valence-electron chi connectivity index (χ2n) is 8.94. The lowest BCUT2D eigenvalue weighted by Crippen LogP contribution is -2.53.